The van der Waals surface area contributed by atoms with Gasteiger partial charge in [0.15, 0.2) is 0 Å². The minimum atomic E-state index is 0.0447. The smallest absolute Gasteiger partial charge is 0.0641 e. The number of nitrogens with one attached hydrogen (secondary N) is 1. The van der Waals surface area contributed by atoms with Gasteiger partial charge in [-0.2, -0.15) is 5.26 Å². The zero-order valence-corrected chi connectivity index (χ0v) is 13.0. The van der Waals surface area contributed by atoms with Gasteiger partial charge in [0, 0.05) is 16.6 Å². The lowest BCUT2D eigenvalue weighted by atomic mass is 10.0. The summed E-state index contributed by atoms with van der Waals surface area (Å²) in [6.07, 6.45) is 0.457. The van der Waals surface area contributed by atoms with Crippen molar-refractivity contribution in [3.63, 3.8) is 0 Å². The van der Waals surface area contributed by atoms with Crippen molar-refractivity contribution in [1.29, 1.82) is 5.26 Å². The number of hydrogen-bond acceptors (Lipinski definition) is 2. The van der Waals surface area contributed by atoms with Crippen LogP contribution in [0.5, 0.6) is 0 Å². The maximum absolute atomic E-state index is 9.04. The third-order valence-electron chi connectivity index (χ3n) is 3.32. The molecule has 0 spiro atoms. The SMILES string of the molecule is C[C@@H](NC(CC#N)c1ccccc1)c1ccccc1Br. The lowest BCUT2D eigenvalue weighted by Crippen LogP contribution is -2.24. The standard InChI is InChI=1S/C17H17BrN2/c1-13(15-9-5-6-10-16(15)18)20-17(11-12-19)14-7-3-2-4-8-14/h2-10,13,17,20H,11H2,1H3/t13-,17?/m1/s1. The molecule has 3 heteroatoms. The van der Waals surface area contributed by atoms with E-state index in [1.165, 1.54) is 5.56 Å². The van der Waals surface area contributed by atoms with Crippen LogP contribution in [0.1, 0.15) is 36.6 Å². The van der Waals surface area contributed by atoms with Crippen molar-refractivity contribution in [2.75, 3.05) is 0 Å². The van der Waals surface area contributed by atoms with Gasteiger partial charge in [0.05, 0.1) is 12.5 Å². The molecule has 2 aromatic carbocycles. The molecule has 2 rings (SSSR count). The van der Waals surface area contributed by atoms with Crippen LogP contribution in [0.15, 0.2) is 59.1 Å². The molecular formula is C17H17BrN2. The zero-order chi connectivity index (χ0) is 14.4. The van der Waals surface area contributed by atoms with Crippen molar-refractivity contribution < 1.29 is 0 Å². The van der Waals surface area contributed by atoms with Gasteiger partial charge in [-0.1, -0.05) is 64.5 Å². The minimum absolute atomic E-state index is 0.0447. The predicted octanol–water partition coefficient (Wildman–Crippen LogP) is 4.75. The molecule has 0 aromatic heterocycles. The fraction of sp³-hybridized carbons (Fsp3) is 0.235. The molecule has 2 nitrogen and oxygen atoms in total. The Morgan fingerprint density at radius 2 is 1.75 bits per heavy atom. The summed E-state index contributed by atoms with van der Waals surface area (Å²) in [5, 5.41) is 12.6. The third-order valence-corrected chi connectivity index (χ3v) is 4.04. The van der Waals surface area contributed by atoms with E-state index in [1.54, 1.807) is 0 Å². The topological polar surface area (TPSA) is 35.8 Å². The molecule has 0 fully saturated rings. The number of hydrogen-bond donors (Lipinski definition) is 1. The molecule has 0 amide bonds. The minimum Gasteiger partial charge on any atom is -0.302 e. The zero-order valence-electron chi connectivity index (χ0n) is 11.4. The van der Waals surface area contributed by atoms with Gasteiger partial charge in [0.2, 0.25) is 0 Å². The Bertz CT molecular complexity index is 589. The second kappa shape index (κ2) is 7.23. The summed E-state index contributed by atoms with van der Waals surface area (Å²) in [7, 11) is 0. The fourth-order valence-electron chi connectivity index (χ4n) is 2.27. The van der Waals surface area contributed by atoms with E-state index in [2.05, 4.69) is 52.4 Å². The molecule has 2 aromatic rings. The van der Waals surface area contributed by atoms with E-state index in [4.69, 9.17) is 5.26 Å². The summed E-state index contributed by atoms with van der Waals surface area (Å²) in [5.74, 6) is 0. The summed E-state index contributed by atoms with van der Waals surface area (Å²) in [6, 6.07) is 20.8. The van der Waals surface area contributed by atoms with Gasteiger partial charge >= 0.3 is 0 Å². The highest BCUT2D eigenvalue weighted by Crippen LogP contribution is 2.26. The van der Waals surface area contributed by atoms with E-state index in [0.717, 1.165) is 10.0 Å². The van der Waals surface area contributed by atoms with Gasteiger partial charge in [0.25, 0.3) is 0 Å². The predicted molar refractivity (Wildman–Crippen MR) is 85.1 cm³/mol. The quantitative estimate of drug-likeness (QED) is 0.859. The lowest BCUT2D eigenvalue weighted by molar-refractivity contribution is 0.471. The molecule has 0 radical (unpaired) electrons. The van der Waals surface area contributed by atoms with Crippen LogP contribution in [0.3, 0.4) is 0 Å². The van der Waals surface area contributed by atoms with Crippen molar-refractivity contribution in [3.05, 3.63) is 70.2 Å². The highest BCUT2D eigenvalue weighted by atomic mass is 79.9. The van der Waals surface area contributed by atoms with E-state index < -0.39 is 0 Å². The van der Waals surface area contributed by atoms with Crippen LogP contribution in [0.25, 0.3) is 0 Å². The van der Waals surface area contributed by atoms with E-state index in [1.807, 2.05) is 36.4 Å². The molecule has 1 N–H and O–H groups in total. The first-order valence-electron chi connectivity index (χ1n) is 6.64. The largest absolute Gasteiger partial charge is 0.302 e. The molecule has 0 bridgehead atoms. The number of nitriles is 1. The molecule has 0 aliphatic heterocycles. The number of halogens is 1. The van der Waals surface area contributed by atoms with E-state index in [0.29, 0.717) is 6.42 Å². The van der Waals surface area contributed by atoms with Crippen LogP contribution in [0.4, 0.5) is 0 Å². The average Bonchev–Trinajstić information content (AvgIpc) is 2.48. The number of nitrogens with zero attached hydrogens (tertiary/aromatic N) is 1. The van der Waals surface area contributed by atoms with Crippen molar-refractivity contribution in [2.45, 2.75) is 25.4 Å². The second-order valence-electron chi connectivity index (χ2n) is 4.74. The molecule has 2 atom stereocenters. The van der Waals surface area contributed by atoms with Crippen LogP contribution in [0.2, 0.25) is 0 Å². The van der Waals surface area contributed by atoms with Crippen LogP contribution in [-0.4, -0.2) is 0 Å². The Kier molecular flexibility index (Phi) is 5.34. The monoisotopic (exact) mass is 328 g/mol. The van der Waals surface area contributed by atoms with Gasteiger partial charge in [-0.25, -0.2) is 0 Å². The highest BCUT2D eigenvalue weighted by Gasteiger charge is 2.16. The van der Waals surface area contributed by atoms with Gasteiger partial charge in [0.1, 0.15) is 0 Å². The van der Waals surface area contributed by atoms with Crippen molar-refractivity contribution in [1.82, 2.24) is 5.32 Å². The Balaban J connectivity index is 2.17. The molecule has 1 unspecified atom stereocenters. The van der Waals surface area contributed by atoms with Crippen molar-refractivity contribution >= 4 is 15.9 Å². The molecule has 0 aliphatic rings. The first-order chi connectivity index (χ1) is 9.72. The Hall–Kier alpha value is -1.63. The van der Waals surface area contributed by atoms with Crippen LogP contribution >= 0.6 is 15.9 Å². The van der Waals surface area contributed by atoms with Crippen molar-refractivity contribution in [2.24, 2.45) is 0 Å². The average molecular weight is 329 g/mol. The molecule has 20 heavy (non-hydrogen) atoms. The molecule has 0 aliphatic carbocycles. The Morgan fingerprint density at radius 1 is 1.10 bits per heavy atom. The Morgan fingerprint density at radius 3 is 2.40 bits per heavy atom. The van der Waals surface area contributed by atoms with Crippen molar-refractivity contribution in [3.8, 4) is 6.07 Å². The third kappa shape index (κ3) is 3.69. The van der Waals surface area contributed by atoms with Crippen LogP contribution < -0.4 is 5.32 Å². The molecule has 0 saturated heterocycles. The second-order valence-corrected chi connectivity index (χ2v) is 5.59. The van der Waals surface area contributed by atoms with Crippen LogP contribution in [-0.2, 0) is 0 Å². The molecule has 102 valence electrons. The molecular weight excluding hydrogens is 312 g/mol. The van der Waals surface area contributed by atoms with E-state index >= 15 is 0 Å². The van der Waals surface area contributed by atoms with Gasteiger partial charge in [-0.3, -0.25) is 0 Å². The Labute approximate surface area is 128 Å². The number of benzene rings is 2. The normalized spacial score (nSPS) is 13.4. The summed E-state index contributed by atoms with van der Waals surface area (Å²) < 4.78 is 1.09. The summed E-state index contributed by atoms with van der Waals surface area (Å²) in [4.78, 5) is 0. The summed E-state index contributed by atoms with van der Waals surface area (Å²) in [6.45, 7) is 2.12. The van der Waals surface area contributed by atoms with E-state index in [-0.39, 0.29) is 12.1 Å². The maximum atomic E-state index is 9.04. The first kappa shape index (κ1) is 14.8. The maximum Gasteiger partial charge on any atom is 0.0641 e. The summed E-state index contributed by atoms with van der Waals surface area (Å²) in [5.41, 5.74) is 2.35. The molecule has 0 heterocycles. The molecule has 0 saturated carbocycles. The first-order valence-corrected chi connectivity index (χ1v) is 7.44. The van der Waals surface area contributed by atoms with Gasteiger partial charge in [-0.15, -0.1) is 0 Å². The van der Waals surface area contributed by atoms with Gasteiger partial charge in [-0.05, 0) is 24.1 Å². The highest BCUT2D eigenvalue weighted by molar-refractivity contribution is 9.10. The fourth-order valence-corrected chi connectivity index (χ4v) is 2.90. The summed E-state index contributed by atoms with van der Waals surface area (Å²) >= 11 is 3.58. The van der Waals surface area contributed by atoms with E-state index in [9.17, 15) is 0 Å². The van der Waals surface area contributed by atoms with Crippen LogP contribution in [0, 0.1) is 11.3 Å². The lowest BCUT2D eigenvalue weighted by Gasteiger charge is -2.23. The van der Waals surface area contributed by atoms with Gasteiger partial charge < -0.3 is 5.32 Å². The number of rotatable bonds is 5.